The fourth-order valence-electron chi connectivity index (χ4n) is 1.63. The molecule has 1 aliphatic carbocycles. The minimum atomic E-state index is 0.642. The largest absolute Gasteiger partial charge is 0.467 e. The molecule has 2 aromatic rings. The van der Waals surface area contributed by atoms with Crippen LogP contribution in [0.25, 0.3) is 0 Å². The van der Waals surface area contributed by atoms with Gasteiger partial charge in [0.25, 0.3) is 0 Å². The van der Waals surface area contributed by atoms with Gasteiger partial charge in [0, 0.05) is 18.2 Å². The Morgan fingerprint density at radius 2 is 2.44 bits per heavy atom. The van der Waals surface area contributed by atoms with Gasteiger partial charge in [-0.05, 0) is 18.9 Å². The van der Waals surface area contributed by atoms with Crippen molar-refractivity contribution in [1.82, 2.24) is 20.1 Å². The molecule has 2 aromatic heterocycles. The van der Waals surface area contributed by atoms with Gasteiger partial charge in [-0.3, -0.25) is 0 Å². The molecule has 16 heavy (non-hydrogen) atoms. The van der Waals surface area contributed by atoms with Crippen LogP contribution in [0.2, 0.25) is 0 Å². The Balaban J connectivity index is 1.58. The second-order valence-corrected chi connectivity index (χ2v) is 4.17. The highest BCUT2D eigenvalue weighted by Crippen LogP contribution is 2.19. The first-order chi connectivity index (χ1) is 7.90. The van der Waals surface area contributed by atoms with Crippen LogP contribution in [0, 0.1) is 0 Å². The van der Waals surface area contributed by atoms with E-state index in [9.17, 15) is 0 Å². The lowest BCUT2D eigenvalue weighted by molar-refractivity contribution is 0.477. The van der Waals surface area contributed by atoms with Crippen molar-refractivity contribution in [2.75, 3.05) is 0 Å². The van der Waals surface area contributed by atoms with Gasteiger partial charge in [-0.1, -0.05) is 0 Å². The van der Waals surface area contributed by atoms with Crippen molar-refractivity contribution in [3.63, 3.8) is 0 Å². The van der Waals surface area contributed by atoms with Crippen LogP contribution in [-0.4, -0.2) is 20.8 Å². The number of hydrogen-bond donors (Lipinski definition) is 1. The number of hydrogen-bond acceptors (Lipinski definition) is 4. The van der Waals surface area contributed by atoms with Gasteiger partial charge in [0.2, 0.25) is 0 Å². The lowest BCUT2D eigenvalue weighted by atomic mass is 10.3. The molecule has 0 saturated heterocycles. The van der Waals surface area contributed by atoms with Crippen LogP contribution in [0.1, 0.15) is 24.2 Å². The Labute approximate surface area is 93.5 Å². The summed E-state index contributed by atoms with van der Waals surface area (Å²) in [5.74, 6) is 0.915. The lowest BCUT2D eigenvalue weighted by Crippen LogP contribution is -2.14. The molecule has 5 nitrogen and oxygen atoms in total. The summed E-state index contributed by atoms with van der Waals surface area (Å²) in [6, 6.07) is 2.80. The zero-order valence-electron chi connectivity index (χ0n) is 8.97. The molecule has 0 aromatic carbocycles. The third kappa shape index (κ3) is 2.30. The van der Waals surface area contributed by atoms with Gasteiger partial charge >= 0.3 is 0 Å². The SMILES string of the molecule is c1ncn(Cc2cc(CNC3CC3)co2)n1. The van der Waals surface area contributed by atoms with Gasteiger partial charge in [-0.15, -0.1) is 0 Å². The third-order valence-electron chi connectivity index (χ3n) is 2.66. The highest BCUT2D eigenvalue weighted by atomic mass is 16.3. The van der Waals surface area contributed by atoms with E-state index in [1.807, 2.05) is 6.26 Å². The number of furan rings is 1. The standard InChI is InChI=1S/C11H14N4O/c1-2-10(1)13-4-9-3-11(16-6-9)5-15-8-12-7-14-15/h3,6-8,10,13H,1-2,4-5H2. The van der Waals surface area contributed by atoms with Gasteiger partial charge in [0.05, 0.1) is 6.26 Å². The first-order valence-electron chi connectivity index (χ1n) is 5.52. The van der Waals surface area contributed by atoms with E-state index in [-0.39, 0.29) is 0 Å². The maximum absolute atomic E-state index is 5.46. The summed E-state index contributed by atoms with van der Waals surface area (Å²) in [4.78, 5) is 3.89. The summed E-state index contributed by atoms with van der Waals surface area (Å²) >= 11 is 0. The van der Waals surface area contributed by atoms with Crippen molar-refractivity contribution in [3.05, 3.63) is 36.3 Å². The van der Waals surface area contributed by atoms with Crippen molar-refractivity contribution in [1.29, 1.82) is 0 Å². The van der Waals surface area contributed by atoms with Crippen molar-refractivity contribution in [3.8, 4) is 0 Å². The molecule has 3 rings (SSSR count). The molecule has 84 valence electrons. The predicted molar refractivity (Wildman–Crippen MR) is 57.7 cm³/mol. The Morgan fingerprint density at radius 1 is 1.50 bits per heavy atom. The molecule has 1 aliphatic rings. The van der Waals surface area contributed by atoms with E-state index in [1.54, 1.807) is 11.0 Å². The fraction of sp³-hybridized carbons (Fsp3) is 0.455. The molecule has 0 atom stereocenters. The topological polar surface area (TPSA) is 55.9 Å². The van der Waals surface area contributed by atoms with E-state index >= 15 is 0 Å². The average molecular weight is 218 g/mol. The smallest absolute Gasteiger partial charge is 0.137 e. The van der Waals surface area contributed by atoms with Gasteiger partial charge in [0.1, 0.15) is 25.0 Å². The van der Waals surface area contributed by atoms with Crippen molar-refractivity contribution < 1.29 is 4.42 Å². The minimum Gasteiger partial charge on any atom is -0.467 e. The van der Waals surface area contributed by atoms with Crippen molar-refractivity contribution in [2.45, 2.75) is 32.0 Å². The van der Waals surface area contributed by atoms with Crippen LogP contribution in [0.15, 0.2) is 29.4 Å². The van der Waals surface area contributed by atoms with Crippen LogP contribution in [0.3, 0.4) is 0 Å². The molecule has 1 fully saturated rings. The molecule has 0 unspecified atom stereocenters. The summed E-state index contributed by atoms with van der Waals surface area (Å²) in [7, 11) is 0. The molecule has 0 amide bonds. The summed E-state index contributed by atoms with van der Waals surface area (Å²) in [5, 5.41) is 7.49. The third-order valence-corrected chi connectivity index (χ3v) is 2.66. The molecular formula is C11H14N4O. The predicted octanol–water partition coefficient (Wildman–Crippen LogP) is 1.17. The maximum atomic E-state index is 5.46. The number of rotatable bonds is 5. The Bertz CT molecular complexity index is 444. The zero-order valence-corrected chi connectivity index (χ0v) is 8.97. The Kier molecular flexibility index (Phi) is 2.46. The molecule has 1 N–H and O–H groups in total. The molecule has 0 bridgehead atoms. The average Bonchev–Trinajstić information content (AvgIpc) is 2.78. The van der Waals surface area contributed by atoms with Gasteiger partial charge in [0.15, 0.2) is 0 Å². The first-order valence-corrected chi connectivity index (χ1v) is 5.52. The molecule has 0 radical (unpaired) electrons. The van der Waals surface area contributed by atoms with Gasteiger partial charge in [-0.2, -0.15) is 5.10 Å². The normalized spacial score (nSPS) is 15.5. The van der Waals surface area contributed by atoms with E-state index < -0.39 is 0 Å². The molecule has 2 heterocycles. The number of nitrogens with zero attached hydrogens (tertiary/aromatic N) is 3. The molecular weight excluding hydrogens is 204 g/mol. The summed E-state index contributed by atoms with van der Waals surface area (Å²) in [6.45, 7) is 1.54. The molecule has 1 saturated carbocycles. The van der Waals surface area contributed by atoms with Gasteiger partial charge in [-0.25, -0.2) is 9.67 Å². The molecule has 0 aliphatic heterocycles. The second kappa shape index (κ2) is 4.09. The van der Waals surface area contributed by atoms with E-state index in [1.165, 1.54) is 24.7 Å². The van der Waals surface area contributed by atoms with E-state index in [0.717, 1.165) is 18.3 Å². The number of aromatic nitrogens is 3. The maximum Gasteiger partial charge on any atom is 0.137 e. The quantitative estimate of drug-likeness (QED) is 0.818. The van der Waals surface area contributed by atoms with Crippen LogP contribution >= 0.6 is 0 Å². The minimum absolute atomic E-state index is 0.642. The highest BCUT2D eigenvalue weighted by molar-refractivity contribution is 5.13. The Morgan fingerprint density at radius 3 is 3.19 bits per heavy atom. The van der Waals surface area contributed by atoms with E-state index in [4.69, 9.17) is 4.42 Å². The number of nitrogens with one attached hydrogen (secondary N) is 1. The van der Waals surface area contributed by atoms with Gasteiger partial charge < -0.3 is 9.73 Å². The second-order valence-electron chi connectivity index (χ2n) is 4.17. The summed E-state index contributed by atoms with van der Waals surface area (Å²) in [5.41, 5.74) is 1.20. The van der Waals surface area contributed by atoms with Crippen LogP contribution < -0.4 is 5.32 Å². The van der Waals surface area contributed by atoms with Crippen molar-refractivity contribution >= 4 is 0 Å². The highest BCUT2D eigenvalue weighted by Gasteiger charge is 2.20. The van der Waals surface area contributed by atoms with Crippen molar-refractivity contribution in [2.24, 2.45) is 0 Å². The Hall–Kier alpha value is -1.62. The first kappa shape index (κ1) is 9.59. The lowest BCUT2D eigenvalue weighted by Gasteiger charge is -1.97. The monoisotopic (exact) mass is 218 g/mol. The fourth-order valence-corrected chi connectivity index (χ4v) is 1.63. The summed E-state index contributed by atoms with van der Waals surface area (Å²) < 4.78 is 7.21. The van der Waals surface area contributed by atoms with Crippen LogP contribution in [0.5, 0.6) is 0 Å². The van der Waals surface area contributed by atoms with Crippen LogP contribution in [0.4, 0.5) is 0 Å². The molecule has 5 heteroatoms. The zero-order chi connectivity index (χ0) is 10.8. The van der Waals surface area contributed by atoms with Crippen LogP contribution in [-0.2, 0) is 13.1 Å². The van der Waals surface area contributed by atoms with E-state index in [2.05, 4.69) is 21.5 Å². The van der Waals surface area contributed by atoms with E-state index in [0.29, 0.717) is 6.54 Å². The summed E-state index contributed by atoms with van der Waals surface area (Å²) in [6.07, 6.45) is 7.64. The molecule has 0 spiro atoms.